The minimum atomic E-state index is 0.615. The van der Waals surface area contributed by atoms with E-state index in [4.69, 9.17) is 11.6 Å². The highest BCUT2D eigenvalue weighted by molar-refractivity contribution is 9.09. The molecule has 2 rings (SSSR count). The van der Waals surface area contributed by atoms with Crippen LogP contribution in [0.25, 0.3) is 0 Å². The molecule has 0 amide bonds. The molecule has 0 spiro atoms. The highest BCUT2D eigenvalue weighted by atomic mass is 79.9. The Morgan fingerprint density at radius 3 is 2.88 bits per heavy atom. The van der Waals surface area contributed by atoms with E-state index in [0.29, 0.717) is 4.83 Å². The van der Waals surface area contributed by atoms with Gasteiger partial charge in [-0.2, -0.15) is 0 Å². The van der Waals surface area contributed by atoms with Gasteiger partial charge >= 0.3 is 0 Å². The molecule has 1 aromatic rings. The fraction of sp³-hybridized carbons (Fsp3) is 0.538. The maximum Gasteiger partial charge on any atom is 0.0451 e. The highest BCUT2D eigenvalue weighted by Gasteiger charge is 2.24. The van der Waals surface area contributed by atoms with Crippen molar-refractivity contribution in [2.45, 2.75) is 24.7 Å². The van der Waals surface area contributed by atoms with Crippen molar-refractivity contribution in [1.82, 2.24) is 4.90 Å². The number of halogens is 2. The van der Waals surface area contributed by atoms with Gasteiger partial charge in [0.25, 0.3) is 0 Å². The monoisotopic (exact) mass is 301 g/mol. The van der Waals surface area contributed by atoms with Crippen LogP contribution in [0.4, 0.5) is 0 Å². The van der Waals surface area contributed by atoms with Crippen molar-refractivity contribution < 1.29 is 0 Å². The van der Waals surface area contributed by atoms with Crippen molar-refractivity contribution >= 4 is 27.5 Å². The smallest absolute Gasteiger partial charge is 0.0451 e. The van der Waals surface area contributed by atoms with Crippen LogP contribution in [0.5, 0.6) is 0 Å². The van der Waals surface area contributed by atoms with Crippen molar-refractivity contribution in [3.05, 3.63) is 34.9 Å². The number of hydrogen-bond donors (Lipinski definition) is 0. The van der Waals surface area contributed by atoms with Crippen LogP contribution in [0, 0.1) is 5.92 Å². The average Bonchev–Trinajstić information content (AvgIpc) is 2.27. The van der Waals surface area contributed by atoms with Crippen LogP contribution >= 0.6 is 27.5 Å². The zero-order valence-corrected chi connectivity index (χ0v) is 11.8. The average molecular weight is 303 g/mol. The third-order valence-electron chi connectivity index (χ3n) is 3.30. The molecule has 1 aliphatic rings. The highest BCUT2D eigenvalue weighted by Crippen LogP contribution is 2.25. The summed E-state index contributed by atoms with van der Waals surface area (Å²) in [6, 6.07) is 8.12. The van der Waals surface area contributed by atoms with Gasteiger partial charge in [0.1, 0.15) is 0 Å². The Kier molecular flexibility index (Phi) is 4.28. The molecule has 2 unspecified atom stereocenters. The molecule has 0 saturated carbocycles. The van der Waals surface area contributed by atoms with Gasteiger partial charge in [-0.3, -0.25) is 4.90 Å². The molecule has 0 radical (unpaired) electrons. The Morgan fingerprint density at radius 1 is 1.44 bits per heavy atom. The number of piperidine rings is 1. The molecule has 1 nitrogen and oxygen atoms in total. The van der Waals surface area contributed by atoms with E-state index >= 15 is 0 Å². The summed E-state index contributed by atoms with van der Waals surface area (Å²) < 4.78 is 0. The van der Waals surface area contributed by atoms with Gasteiger partial charge in [-0.1, -0.05) is 52.7 Å². The van der Waals surface area contributed by atoms with Crippen LogP contribution in [-0.2, 0) is 6.54 Å². The van der Waals surface area contributed by atoms with Gasteiger partial charge in [0.15, 0.2) is 0 Å². The van der Waals surface area contributed by atoms with Crippen molar-refractivity contribution in [1.29, 1.82) is 0 Å². The van der Waals surface area contributed by atoms with E-state index in [2.05, 4.69) is 39.9 Å². The molecule has 0 N–H and O–H groups in total. The molecule has 0 bridgehead atoms. The minimum absolute atomic E-state index is 0.615. The second kappa shape index (κ2) is 5.52. The molecule has 1 heterocycles. The Hall–Kier alpha value is -0.0500. The molecular weight excluding hydrogens is 286 g/mol. The molecule has 3 heteroatoms. The van der Waals surface area contributed by atoms with Crippen LogP contribution in [0.2, 0.25) is 5.02 Å². The maximum atomic E-state index is 6.17. The van der Waals surface area contributed by atoms with Gasteiger partial charge in [-0.05, 0) is 30.5 Å². The predicted molar refractivity (Wildman–Crippen MR) is 73.2 cm³/mol. The second-order valence-electron chi connectivity index (χ2n) is 4.61. The van der Waals surface area contributed by atoms with E-state index in [1.807, 2.05) is 12.1 Å². The topological polar surface area (TPSA) is 3.24 Å². The second-order valence-corrected chi connectivity index (χ2v) is 6.19. The summed E-state index contributed by atoms with van der Waals surface area (Å²) in [7, 11) is 0. The largest absolute Gasteiger partial charge is 0.298 e. The number of rotatable bonds is 2. The predicted octanol–water partition coefficient (Wildman–Crippen LogP) is 3.95. The number of benzene rings is 1. The van der Waals surface area contributed by atoms with Crippen LogP contribution < -0.4 is 0 Å². The van der Waals surface area contributed by atoms with Crippen molar-refractivity contribution in [3.63, 3.8) is 0 Å². The van der Waals surface area contributed by atoms with Gasteiger partial charge in [-0.15, -0.1) is 0 Å². The fourth-order valence-electron chi connectivity index (χ4n) is 2.10. The van der Waals surface area contributed by atoms with Crippen LogP contribution in [0.1, 0.15) is 18.9 Å². The summed E-state index contributed by atoms with van der Waals surface area (Å²) in [5.41, 5.74) is 1.23. The van der Waals surface area contributed by atoms with Crippen molar-refractivity contribution in [3.8, 4) is 0 Å². The summed E-state index contributed by atoms with van der Waals surface area (Å²) in [6.07, 6.45) is 1.26. The molecule has 88 valence electrons. The third kappa shape index (κ3) is 2.99. The molecule has 0 aliphatic carbocycles. The number of alkyl halides is 1. The third-order valence-corrected chi connectivity index (χ3v) is 4.86. The summed E-state index contributed by atoms with van der Waals surface area (Å²) >= 11 is 9.92. The number of hydrogen-bond acceptors (Lipinski definition) is 1. The Bertz CT molecular complexity index is 356. The first kappa shape index (κ1) is 12.4. The summed E-state index contributed by atoms with van der Waals surface area (Å²) in [5.74, 6) is 0.780. The first-order valence-corrected chi connectivity index (χ1v) is 7.06. The van der Waals surface area contributed by atoms with Crippen LogP contribution in [-0.4, -0.2) is 22.8 Å². The number of nitrogens with zero attached hydrogens (tertiary/aromatic N) is 1. The molecule has 1 aliphatic heterocycles. The Labute approximate surface area is 111 Å². The van der Waals surface area contributed by atoms with E-state index in [0.717, 1.165) is 24.0 Å². The SMILES string of the molecule is CC1CCN(Cc2ccccc2Cl)CC1Br. The molecule has 1 fully saturated rings. The first-order valence-electron chi connectivity index (χ1n) is 5.76. The maximum absolute atomic E-state index is 6.17. The van der Waals surface area contributed by atoms with E-state index in [-0.39, 0.29) is 0 Å². The molecule has 2 atom stereocenters. The van der Waals surface area contributed by atoms with E-state index in [9.17, 15) is 0 Å². The molecule has 1 saturated heterocycles. The first-order chi connectivity index (χ1) is 7.66. The van der Waals surface area contributed by atoms with Gasteiger partial charge in [0, 0.05) is 22.9 Å². The fourth-order valence-corrected chi connectivity index (χ4v) is 2.97. The van der Waals surface area contributed by atoms with Crippen molar-refractivity contribution in [2.24, 2.45) is 5.92 Å². The van der Waals surface area contributed by atoms with Crippen molar-refractivity contribution in [2.75, 3.05) is 13.1 Å². The van der Waals surface area contributed by atoms with E-state index in [1.54, 1.807) is 0 Å². The molecule has 16 heavy (non-hydrogen) atoms. The van der Waals surface area contributed by atoms with Gasteiger partial charge < -0.3 is 0 Å². The molecular formula is C13H17BrClN. The Balaban J connectivity index is 1.98. The normalized spacial score (nSPS) is 26.9. The zero-order chi connectivity index (χ0) is 11.5. The van der Waals surface area contributed by atoms with Gasteiger partial charge in [0.05, 0.1) is 0 Å². The summed E-state index contributed by atoms with van der Waals surface area (Å²) in [6.45, 7) is 5.57. The van der Waals surface area contributed by atoms with Crippen LogP contribution in [0.15, 0.2) is 24.3 Å². The van der Waals surface area contributed by atoms with Gasteiger partial charge in [0.2, 0.25) is 0 Å². The lowest BCUT2D eigenvalue weighted by molar-refractivity contribution is 0.194. The molecule has 0 aromatic heterocycles. The minimum Gasteiger partial charge on any atom is -0.298 e. The van der Waals surface area contributed by atoms with E-state index < -0.39 is 0 Å². The standard InChI is InChI=1S/C13H17BrClN/c1-10-6-7-16(9-12(10)14)8-11-4-2-3-5-13(11)15/h2-5,10,12H,6-9H2,1H3. The lowest BCUT2D eigenvalue weighted by atomic mass is 9.98. The molecule has 1 aromatic carbocycles. The zero-order valence-electron chi connectivity index (χ0n) is 9.50. The Morgan fingerprint density at radius 2 is 2.19 bits per heavy atom. The van der Waals surface area contributed by atoms with E-state index in [1.165, 1.54) is 18.5 Å². The van der Waals surface area contributed by atoms with Crippen LogP contribution in [0.3, 0.4) is 0 Å². The lowest BCUT2D eigenvalue weighted by Crippen LogP contribution is -2.39. The summed E-state index contributed by atoms with van der Waals surface area (Å²) in [4.78, 5) is 3.09. The quantitative estimate of drug-likeness (QED) is 0.748. The number of likely N-dealkylation sites (tertiary alicyclic amines) is 1. The van der Waals surface area contributed by atoms with Gasteiger partial charge in [-0.25, -0.2) is 0 Å². The lowest BCUT2D eigenvalue weighted by Gasteiger charge is -2.34. The summed E-state index contributed by atoms with van der Waals surface area (Å²) in [5, 5.41) is 0.882.